The van der Waals surface area contributed by atoms with Crippen LogP contribution in [0.25, 0.3) is 0 Å². The van der Waals surface area contributed by atoms with Crippen molar-refractivity contribution in [3.05, 3.63) is 0 Å². The van der Waals surface area contributed by atoms with Crippen LogP contribution in [0.3, 0.4) is 0 Å². The van der Waals surface area contributed by atoms with Gasteiger partial charge in [0.05, 0.1) is 37.1 Å². The predicted octanol–water partition coefficient (Wildman–Crippen LogP) is -0.886. The van der Waals surface area contributed by atoms with E-state index in [9.17, 15) is 35.4 Å². The van der Waals surface area contributed by atoms with Crippen molar-refractivity contribution in [2.24, 2.45) is 11.8 Å². The molecule has 8 atom stereocenters. The molecule has 0 aliphatic heterocycles. The van der Waals surface area contributed by atoms with E-state index >= 15 is 0 Å². The summed E-state index contributed by atoms with van der Waals surface area (Å²) in [5, 5.41) is 62.2. The highest BCUT2D eigenvalue weighted by atomic mass is 16.5. The molecule has 0 heterocycles. The van der Waals surface area contributed by atoms with E-state index in [1.54, 1.807) is 13.8 Å². The van der Waals surface area contributed by atoms with Gasteiger partial charge in [-0.15, -0.1) is 0 Å². The molecular weight excluding hydrogens is 358 g/mol. The number of carbonyl (C=O) groups is 1. The topological polar surface area (TPSA) is 160 Å². The first-order chi connectivity index (χ1) is 12.7. The predicted molar refractivity (Wildman–Crippen MR) is 96.8 cm³/mol. The van der Waals surface area contributed by atoms with Crippen LogP contribution in [0.15, 0.2) is 0 Å². The van der Waals surface area contributed by atoms with Crippen molar-refractivity contribution >= 4 is 6.09 Å². The van der Waals surface area contributed by atoms with Crippen molar-refractivity contribution in [2.75, 3.05) is 13.2 Å². The summed E-state index contributed by atoms with van der Waals surface area (Å²) in [6.07, 6.45) is -4.62. The van der Waals surface area contributed by atoms with Crippen molar-refractivity contribution in [3.8, 4) is 0 Å². The molecule has 1 fully saturated rings. The van der Waals surface area contributed by atoms with E-state index in [4.69, 9.17) is 4.74 Å². The minimum absolute atomic E-state index is 0.0847. The summed E-state index contributed by atoms with van der Waals surface area (Å²) in [5.41, 5.74) is 0. The van der Waals surface area contributed by atoms with Crippen LogP contribution in [0.1, 0.15) is 46.0 Å². The highest BCUT2D eigenvalue weighted by Crippen LogP contribution is 2.33. The molecule has 1 rings (SSSR count). The second-order valence-electron chi connectivity index (χ2n) is 7.32. The molecule has 1 amide bonds. The first-order valence-electron chi connectivity index (χ1n) is 9.69. The van der Waals surface area contributed by atoms with E-state index in [1.807, 2.05) is 0 Å². The number of hydrogen-bond donors (Lipinski definition) is 7. The Labute approximate surface area is 160 Å². The van der Waals surface area contributed by atoms with Gasteiger partial charge in [0.15, 0.2) is 0 Å². The minimum atomic E-state index is -1.36. The lowest BCUT2D eigenvalue weighted by molar-refractivity contribution is -0.143. The number of aliphatic hydroxyl groups excluding tert-OH is 6. The Morgan fingerprint density at radius 2 is 1.74 bits per heavy atom. The van der Waals surface area contributed by atoms with Gasteiger partial charge in [0.25, 0.3) is 0 Å². The fraction of sp³-hybridized carbons (Fsp3) is 0.944. The maximum atomic E-state index is 11.8. The Hall–Kier alpha value is -0.970. The molecule has 8 unspecified atom stereocenters. The normalized spacial score (nSPS) is 31.8. The van der Waals surface area contributed by atoms with Crippen molar-refractivity contribution in [2.45, 2.75) is 82.5 Å². The lowest BCUT2D eigenvalue weighted by atomic mass is 9.73. The molecule has 1 aliphatic rings. The maximum Gasteiger partial charge on any atom is 0.407 e. The summed E-state index contributed by atoms with van der Waals surface area (Å²) < 4.78 is 4.85. The van der Waals surface area contributed by atoms with Gasteiger partial charge < -0.3 is 40.7 Å². The van der Waals surface area contributed by atoms with E-state index in [2.05, 4.69) is 5.32 Å². The lowest BCUT2D eigenvalue weighted by Gasteiger charge is -2.40. The lowest BCUT2D eigenvalue weighted by Crippen LogP contribution is -2.52. The SMILES string of the molecule is CCOC(=O)NC(CCC1CC(CO)C(O)C(O)C1O)C(O)CC(O)CC. The van der Waals surface area contributed by atoms with Crippen LogP contribution in [0, 0.1) is 11.8 Å². The number of hydrogen-bond acceptors (Lipinski definition) is 8. The number of alkyl carbamates (subject to hydrolysis) is 1. The third-order valence-corrected chi connectivity index (χ3v) is 5.38. The zero-order chi connectivity index (χ0) is 20.6. The van der Waals surface area contributed by atoms with Crippen LogP contribution in [0.2, 0.25) is 0 Å². The third kappa shape index (κ3) is 7.17. The number of carbonyl (C=O) groups excluding carboxylic acids is 1. The summed E-state index contributed by atoms with van der Waals surface area (Å²) in [7, 11) is 0. The fourth-order valence-corrected chi connectivity index (χ4v) is 3.59. The molecule has 1 aliphatic carbocycles. The van der Waals surface area contributed by atoms with E-state index in [0.717, 1.165) is 0 Å². The summed E-state index contributed by atoms with van der Waals surface area (Å²) in [6.45, 7) is 3.31. The molecule has 9 heteroatoms. The molecule has 0 bridgehead atoms. The van der Waals surface area contributed by atoms with Crippen LogP contribution in [-0.2, 0) is 4.74 Å². The zero-order valence-electron chi connectivity index (χ0n) is 16.1. The third-order valence-electron chi connectivity index (χ3n) is 5.38. The first-order valence-corrected chi connectivity index (χ1v) is 9.69. The molecule has 7 N–H and O–H groups in total. The van der Waals surface area contributed by atoms with E-state index < -0.39 is 54.5 Å². The number of ether oxygens (including phenoxy) is 1. The van der Waals surface area contributed by atoms with Crippen molar-refractivity contribution < 1.29 is 40.2 Å². The smallest absolute Gasteiger partial charge is 0.407 e. The summed E-state index contributed by atoms with van der Waals surface area (Å²) in [4.78, 5) is 11.8. The number of amides is 1. The van der Waals surface area contributed by atoms with Gasteiger partial charge in [-0.05, 0) is 38.5 Å². The maximum absolute atomic E-state index is 11.8. The molecule has 0 saturated heterocycles. The minimum Gasteiger partial charge on any atom is -0.450 e. The molecule has 0 aromatic rings. The van der Waals surface area contributed by atoms with Gasteiger partial charge in [-0.25, -0.2) is 4.79 Å². The van der Waals surface area contributed by atoms with E-state index in [1.165, 1.54) is 0 Å². The molecule has 0 aromatic carbocycles. The second kappa shape index (κ2) is 11.8. The Morgan fingerprint density at radius 3 is 2.30 bits per heavy atom. The van der Waals surface area contributed by atoms with Crippen molar-refractivity contribution in [3.63, 3.8) is 0 Å². The van der Waals surface area contributed by atoms with Crippen molar-refractivity contribution in [1.29, 1.82) is 0 Å². The van der Waals surface area contributed by atoms with E-state index in [0.29, 0.717) is 19.3 Å². The Kier molecular flexibility index (Phi) is 10.5. The molecule has 0 radical (unpaired) electrons. The number of aliphatic hydroxyl groups is 6. The number of nitrogens with one attached hydrogen (secondary N) is 1. The first kappa shape index (κ1) is 24.1. The molecule has 9 nitrogen and oxygen atoms in total. The standard InChI is InChI=1S/C18H35NO8/c1-3-12(21)8-14(22)13(19-18(26)27-4-2)6-5-10-7-11(9-20)16(24)17(25)15(10)23/h10-17,20-25H,3-9H2,1-2H3,(H,19,26). The van der Waals surface area contributed by atoms with Gasteiger partial charge in [0.2, 0.25) is 0 Å². The highest BCUT2D eigenvalue weighted by Gasteiger charge is 2.42. The molecule has 27 heavy (non-hydrogen) atoms. The monoisotopic (exact) mass is 393 g/mol. The Morgan fingerprint density at radius 1 is 1.11 bits per heavy atom. The quantitative estimate of drug-likeness (QED) is 0.252. The molecule has 1 saturated carbocycles. The Balaban J connectivity index is 2.74. The molecule has 160 valence electrons. The van der Waals surface area contributed by atoms with Crippen LogP contribution in [0.5, 0.6) is 0 Å². The molecule has 0 spiro atoms. The summed E-state index contributed by atoms with van der Waals surface area (Å²) in [5.74, 6) is -0.952. The average molecular weight is 393 g/mol. The number of rotatable bonds is 10. The van der Waals surface area contributed by atoms with Gasteiger partial charge in [-0.2, -0.15) is 0 Å². The van der Waals surface area contributed by atoms with E-state index in [-0.39, 0.29) is 26.1 Å². The largest absolute Gasteiger partial charge is 0.450 e. The summed E-state index contributed by atoms with van der Waals surface area (Å²) in [6, 6.07) is -0.700. The fourth-order valence-electron chi connectivity index (χ4n) is 3.59. The van der Waals surface area contributed by atoms with Crippen molar-refractivity contribution in [1.82, 2.24) is 5.32 Å². The molecular formula is C18H35NO8. The molecule has 0 aromatic heterocycles. The summed E-state index contributed by atoms with van der Waals surface area (Å²) >= 11 is 0. The van der Waals surface area contributed by atoms with Gasteiger partial charge in [-0.1, -0.05) is 6.92 Å². The highest BCUT2D eigenvalue weighted by molar-refractivity contribution is 5.67. The Bertz CT molecular complexity index is 436. The van der Waals surface area contributed by atoms with Gasteiger partial charge in [0, 0.05) is 18.9 Å². The average Bonchev–Trinajstić information content (AvgIpc) is 2.64. The zero-order valence-corrected chi connectivity index (χ0v) is 16.1. The van der Waals surface area contributed by atoms with Gasteiger partial charge in [-0.3, -0.25) is 0 Å². The van der Waals surface area contributed by atoms with Gasteiger partial charge >= 0.3 is 6.09 Å². The van der Waals surface area contributed by atoms with Crippen LogP contribution < -0.4 is 5.32 Å². The van der Waals surface area contributed by atoms with Crippen LogP contribution in [-0.4, -0.2) is 86.5 Å². The van der Waals surface area contributed by atoms with Gasteiger partial charge in [0.1, 0.15) is 6.10 Å². The second-order valence-corrected chi connectivity index (χ2v) is 7.32. The van der Waals surface area contributed by atoms with Crippen LogP contribution in [0.4, 0.5) is 4.79 Å². The van der Waals surface area contributed by atoms with Crippen LogP contribution >= 0.6 is 0 Å².